The average molecular weight is 440 g/mol. The van der Waals surface area contributed by atoms with Gasteiger partial charge in [-0.2, -0.15) is 5.26 Å². The van der Waals surface area contributed by atoms with Gasteiger partial charge in [-0.25, -0.2) is 19.0 Å². The minimum atomic E-state index is -0.442. The maximum Gasteiger partial charge on any atom is 0.165 e. The van der Waals surface area contributed by atoms with E-state index in [9.17, 15) is 9.65 Å². The van der Waals surface area contributed by atoms with Crippen LogP contribution in [0.2, 0.25) is 0 Å². The summed E-state index contributed by atoms with van der Waals surface area (Å²) in [5.41, 5.74) is 3.41. The number of aromatic nitrogens is 7. The third kappa shape index (κ3) is 4.12. The molecule has 1 atom stereocenters. The second kappa shape index (κ2) is 8.47. The molecular formula is C23H17FN8O. The lowest BCUT2D eigenvalue weighted by Crippen LogP contribution is -2.20. The summed E-state index contributed by atoms with van der Waals surface area (Å²) in [4.78, 5) is 9.10. The van der Waals surface area contributed by atoms with Crippen LogP contribution in [0, 0.1) is 17.1 Å². The Kier molecular flexibility index (Phi) is 5.20. The van der Waals surface area contributed by atoms with E-state index in [0.29, 0.717) is 40.4 Å². The van der Waals surface area contributed by atoms with Crippen LogP contribution in [0.4, 0.5) is 4.39 Å². The van der Waals surface area contributed by atoms with Crippen LogP contribution < -0.4 is 4.74 Å². The summed E-state index contributed by atoms with van der Waals surface area (Å²) in [5.74, 6) is 0.239. The molecule has 0 saturated heterocycles. The Bertz CT molecular complexity index is 1470. The van der Waals surface area contributed by atoms with Crippen LogP contribution in [0.15, 0.2) is 67.3 Å². The van der Waals surface area contributed by atoms with Crippen molar-refractivity contribution in [2.75, 3.05) is 0 Å². The normalized spacial score (nSPS) is 11.9. The van der Waals surface area contributed by atoms with Crippen molar-refractivity contribution in [3.63, 3.8) is 0 Å². The fourth-order valence-corrected chi connectivity index (χ4v) is 3.56. The molecule has 0 aliphatic carbocycles. The number of imidazole rings is 1. The molecule has 33 heavy (non-hydrogen) atoms. The quantitative estimate of drug-likeness (QED) is 0.397. The zero-order chi connectivity index (χ0) is 22.8. The lowest BCUT2D eigenvalue weighted by Gasteiger charge is -2.15. The van der Waals surface area contributed by atoms with Gasteiger partial charge in [0.2, 0.25) is 0 Å². The zero-order valence-corrected chi connectivity index (χ0v) is 17.5. The van der Waals surface area contributed by atoms with E-state index in [4.69, 9.17) is 9.72 Å². The molecule has 0 fully saturated rings. The number of fused-ring (bicyclic) bond motifs is 1. The van der Waals surface area contributed by atoms with E-state index in [1.165, 1.54) is 30.9 Å². The Hall–Kier alpha value is -4.65. The maximum atomic E-state index is 13.9. The molecule has 3 heterocycles. The lowest BCUT2D eigenvalue weighted by atomic mass is 10.1. The molecule has 0 amide bonds. The van der Waals surface area contributed by atoms with Crippen molar-refractivity contribution >= 4 is 11.2 Å². The van der Waals surface area contributed by atoms with Crippen molar-refractivity contribution in [1.29, 1.82) is 5.26 Å². The van der Waals surface area contributed by atoms with Gasteiger partial charge < -0.3 is 4.74 Å². The van der Waals surface area contributed by atoms with Crippen LogP contribution in [0.1, 0.15) is 12.5 Å². The first kappa shape index (κ1) is 20.3. The van der Waals surface area contributed by atoms with Gasteiger partial charge in [0, 0.05) is 5.56 Å². The lowest BCUT2D eigenvalue weighted by molar-refractivity contribution is 0.193. The maximum absolute atomic E-state index is 13.9. The third-order valence-electron chi connectivity index (χ3n) is 5.04. The molecule has 10 heteroatoms. The van der Waals surface area contributed by atoms with Gasteiger partial charge in [-0.1, -0.05) is 12.1 Å². The summed E-state index contributed by atoms with van der Waals surface area (Å²) in [7, 11) is 0. The first-order chi connectivity index (χ1) is 16.1. The molecule has 0 radical (unpaired) electrons. The van der Waals surface area contributed by atoms with Gasteiger partial charge in [-0.05, 0) is 59.8 Å². The highest BCUT2D eigenvalue weighted by Crippen LogP contribution is 2.27. The van der Waals surface area contributed by atoms with E-state index in [2.05, 4.69) is 26.6 Å². The minimum absolute atomic E-state index is 0.155. The van der Waals surface area contributed by atoms with Gasteiger partial charge in [0.25, 0.3) is 0 Å². The fraction of sp³-hybridized carbons (Fsp3) is 0.130. The Morgan fingerprint density at radius 3 is 2.85 bits per heavy atom. The molecule has 0 aliphatic rings. The number of rotatable bonds is 6. The summed E-state index contributed by atoms with van der Waals surface area (Å²) in [6, 6.07) is 17.4. The van der Waals surface area contributed by atoms with E-state index >= 15 is 0 Å². The molecular weight excluding hydrogens is 423 g/mol. The fourth-order valence-electron chi connectivity index (χ4n) is 3.56. The zero-order valence-electron chi connectivity index (χ0n) is 17.5. The molecule has 0 spiro atoms. The molecule has 2 aromatic carbocycles. The number of tetrazole rings is 1. The van der Waals surface area contributed by atoms with Gasteiger partial charge in [-0.15, -0.1) is 5.10 Å². The van der Waals surface area contributed by atoms with E-state index < -0.39 is 5.82 Å². The summed E-state index contributed by atoms with van der Waals surface area (Å²) < 4.78 is 23.1. The molecule has 0 aliphatic heterocycles. The number of benzene rings is 2. The molecule has 5 aromatic rings. The minimum Gasteiger partial charge on any atom is -0.489 e. The van der Waals surface area contributed by atoms with E-state index in [1.807, 2.05) is 43.3 Å². The van der Waals surface area contributed by atoms with Crippen LogP contribution in [-0.4, -0.2) is 40.8 Å². The Labute approximate surface area is 187 Å². The van der Waals surface area contributed by atoms with Crippen molar-refractivity contribution in [1.82, 2.24) is 34.7 Å². The first-order valence-corrected chi connectivity index (χ1v) is 10.1. The molecule has 162 valence electrons. The Morgan fingerprint density at radius 2 is 2.03 bits per heavy atom. The van der Waals surface area contributed by atoms with Crippen molar-refractivity contribution in [3.05, 3.63) is 78.6 Å². The summed E-state index contributed by atoms with van der Waals surface area (Å²) in [5, 5.41) is 20.5. The summed E-state index contributed by atoms with van der Waals surface area (Å²) >= 11 is 0. The summed E-state index contributed by atoms with van der Waals surface area (Å²) in [6.45, 7) is 2.44. The van der Waals surface area contributed by atoms with Gasteiger partial charge in [0.05, 0.1) is 23.5 Å². The molecule has 3 aromatic heterocycles. The molecule has 0 saturated carbocycles. The molecule has 9 nitrogen and oxygen atoms in total. The topological polar surface area (TPSA) is 107 Å². The van der Waals surface area contributed by atoms with E-state index in [-0.39, 0.29) is 6.10 Å². The first-order valence-electron chi connectivity index (χ1n) is 10.1. The smallest absolute Gasteiger partial charge is 0.165 e. The number of hydrogen-bond acceptors (Lipinski definition) is 7. The molecule has 1 unspecified atom stereocenters. The van der Waals surface area contributed by atoms with Gasteiger partial charge in [0.15, 0.2) is 5.65 Å². The summed E-state index contributed by atoms with van der Waals surface area (Å²) in [6.07, 6.45) is 2.92. The van der Waals surface area contributed by atoms with E-state index in [1.54, 1.807) is 9.25 Å². The number of halogens is 1. The highest BCUT2D eigenvalue weighted by atomic mass is 19.1. The second-order valence-electron chi connectivity index (χ2n) is 7.42. The average Bonchev–Trinajstić information content (AvgIpc) is 3.48. The standard InChI is InChI=1S/C23H17FN8O/c1-15(12-31-14-27-29-30-31)33-19-4-2-3-16(9-19)20-7-8-21-23(28-20)32(13-26-21)22-10-18(24)6-5-17(22)11-25/h2-10,13-15H,12H2,1H3. The van der Waals surface area contributed by atoms with Gasteiger partial charge in [0.1, 0.15) is 41.9 Å². The van der Waals surface area contributed by atoms with Crippen molar-refractivity contribution in [2.45, 2.75) is 19.6 Å². The number of nitriles is 1. The van der Waals surface area contributed by atoms with Crippen LogP contribution in [0.5, 0.6) is 5.75 Å². The van der Waals surface area contributed by atoms with Crippen LogP contribution in [-0.2, 0) is 6.54 Å². The van der Waals surface area contributed by atoms with Gasteiger partial charge in [-0.3, -0.25) is 4.57 Å². The van der Waals surface area contributed by atoms with Crippen LogP contribution >= 0.6 is 0 Å². The SMILES string of the molecule is CC(Cn1cnnn1)Oc1cccc(-c2ccc3ncn(-c4cc(F)ccc4C#N)c3n2)c1. The number of ether oxygens (including phenoxy) is 1. The molecule has 5 rings (SSSR count). The Balaban J connectivity index is 1.48. The number of pyridine rings is 1. The van der Waals surface area contributed by atoms with Crippen LogP contribution in [0.3, 0.4) is 0 Å². The third-order valence-corrected chi connectivity index (χ3v) is 5.04. The largest absolute Gasteiger partial charge is 0.489 e. The predicted octanol–water partition coefficient (Wildman–Crippen LogP) is 3.55. The Morgan fingerprint density at radius 1 is 1.12 bits per heavy atom. The van der Waals surface area contributed by atoms with Crippen molar-refractivity contribution < 1.29 is 9.13 Å². The van der Waals surface area contributed by atoms with Crippen molar-refractivity contribution in [3.8, 4) is 28.8 Å². The van der Waals surface area contributed by atoms with E-state index in [0.717, 1.165) is 5.56 Å². The predicted molar refractivity (Wildman–Crippen MR) is 117 cm³/mol. The molecule has 0 bridgehead atoms. The van der Waals surface area contributed by atoms with Crippen LogP contribution in [0.25, 0.3) is 28.1 Å². The van der Waals surface area contributed by atoms with Crippen molar-refractivity contribution in [2.24, 2.45) is 0 Å². The van der Waals surface area contributed by atoms with Gasteiger partial charge >= 0.3 is 0 Å². The number of nitrogens with zero attached hydrogens (tertiary/aromatic N) is 8. The monoisotopic (exact) mass is 440 g/mol. The highest BCUT2D eigenvalue weighted by Gasteiger charge is 2.13. The number of hydrogen-bond donors (Lipinski definition) is 0. The second-order valence-corrected chi connectivity index (χ2v) is 7.42. The molecule has 0 N–H and O–H groups in total. The highest BCUT2D eigenvalue weighted by molar-refractivity contribution is 5.78.